The summed E-state index contributed by atoms with van der Waals surface area (Å²) in [7, 11) is -3.99. The molecule has 0 aromatic heterocycles. The van der Waals surface area contributed by atoms with E-state index in [0.29, 0.717) is 0 Å². The number of hydrogen-bond donors (Lipinski definition) is 1. The van der Waals surface area contributed by atoms with E-state index in [1.807, 2.05) is 6.92 Å². The normalized spacial score (nSPS) is 11.3. The molecule has 0 aliphatic carbocycles. The molecule has 19 heavy (non-hydrogen) atoms. The van der Waals surface area contributed by atoms with E-state index in [1.54, 1.807) is 12.1 Å². The number of hydrogen-bond acceptors (Lipinski definition) is 2. The Morgan fingerprint density at radius 1 is 1.16 bits per heavy atom. The van der Waals surface area contributed by atoms with E-state index in [1.165, 1.54) is 24.3 Å². The highest BCUT2D eigenvalue weighted by molar-refractivity contribution is 7.92. The average molecular weight is 300 g/mol. The SMILES string of the molecule is Cc1ccc(NS(=O)(=O)c2ccccc2F)c(Cl)c1. The Kier molecular flexibility index (Phi) is 3.78. The van der Waals surface area contributed by atoms with Crippen molar-refractivity contribution in [3.05, 3.63) is 58.9 Å². The number of halogens is 2. The Hall–Kier alpha value is -1.59. The zero-order chi connectivity index (χ0) is 14.0. The molecule has 0 amide bonds. The van der Waals surface area contributed by atoms with E-state index in [2.05, 4.69) is 4.72 Å². The van der Waals surface area contributed by atoms with Gasteiger partial charge in [0.2, 0.25) is 0 Å². The molecule has 2 rings (SSSR count). The zero-order valence-electron chi connectivity index (χ0n) is 10.0. The highest BCUT2D eigenvalue weighted by atomic mass is 35.5. The first-order valence-corrected chi connectivity index (χ1v) is 7.30. The van der Waals surface area contributed by atoms with E-state index in [0.717, 1.165) is 11.6 Å². The van der Waals surface area contributed by atoms with Crippen molar-refractivity contribution in [1.29, 1.82) is 0 Å². The van der Waals surface area contributed by atoms with Crippen LogP contribution in [-0.2, 0) is 10.0 Å². The molecule has 0 heterocycles. The maximum atomic E-state index is 13.5. The maximum absolute atomic E-state index is 13.5. The quantitative estimate of drug-likeness (QED) is 0.941. The van der Waals surface area contributed by atoms with Gasteiger partial charge in [-0.15, -0.1) is 0 Å². The molecule has 3 nitrogen and oxygen atoms in total. The Labute approximate surface area is 116 Å². The fourth-order valence-corrected chi connectivity index (χ4v) is 3.06. The Morgan fingerprint density at radius 2 is 1.84 bits per heavy atom. The minimum Gasteiger partial charge on any atom is -0.278 e. The van der Waals surface area contributed by atoms with E-state index >= 15 is 0 Å². The van der Waals surface area contributed by atoms with Gasteiger partial charge >= 0.3 is 0 Å². The molecule has 0 saturated heterocycles. The molecule has 1 N–H and O–H groups in total. The molecule has 0 unspecified atom stereocenters. The van der Waals surface area contributed by atoms with Gasteiger partial charge in [-0.2, -0.15) is 0 Å². The van der Waals surface area contributed by atoms with Gasteiger partial charge in [0.1, 0.15) is 10.7 Å². The number of anilines is 1. The second-order valence-electron chi connectivity index (χ2n) is 4.02. The lowest BCUT2D eigenvalue weighted by atomic mass is 10.2. The lowest BCUT2D eigenvalue weighted by Crippen LogP contribution is -2.14. The molecular formula is C13H11ClFNO2S. The van der Waals surface area contributed by atoms with Gasteiger partial charge < -0.3 is 0 Å². The van der Waals surface area contributed by atoms with Gasteiger partial charge in [-0.25, -0.2) is 12.8 Å². The predicted molar refractivity (Wildman–Crippen MR) is 73.4 cm³/mol. The summed E-state index contributed by atoms with van der Waals surface area (Å²) in [5.41, 5.74) is 1.12. The van der Waals surface area contributed by atoms with Crippen molar-refractivity contribution >= 4 is 27.3 Å². The lowest BCUT2D eigenvalue weighted by Gasteiger charge is -2.10. The molecule has 0 bridgehead atoms. The van der Waals surface area contributed by atoms with Gasteiger partial charge in [-0.1, -0.05) is 29.8 Å². The van der Waals surface area contributed by atoms with Crippen LogP contribution in [0.15, 0.2) is 47.4 Å². The van der Waals surface area contributed by atoms with Crippen LogP contribution in [0.2, 0.25) is 5.02 Å². The Morgan fingerprint density at radius 3 is 2.47 bits per heavy atom. The summed E-state index contributed by atoms with van der Waals surface area (Å²) in [6.07, 6.45) is 0. The van der Waals surface area contributed by atoms with E-state index in [4.69, 9.17) is 11.6 Å². The molecule has 0 aliphatic heterocycles. The van der Waals surface area contributed by atoms with Gasteiger partial charge in [0.05, 0.1) is 10.7 Å². The largest absolute Gasteiger partial charge is 0.278 e. The molecule has 0 spiro atoms. The van der Waals surface area contributed by atoms with Crippen LogP contribution in [0.1, 0.15) is 5.56 Å². The first-order chi connectivity index (χ1) is 8.90. The first-order valence-electron chi connectivity index (χ1n) is 5.43. The highest BCUT2D eigenvalue weighted by Crippen LogP contribution is 2.26. The monoisotopic (exact) mass is 299 g/mol. The molecular weight excluding hydrogens is 289 g/mol. The van der Waals surface area contributed by atoms with Crippen molar-refractivity contribution in [2.45, 2.75) is 11.8 Å². The summed E-state index contributed by atoms with van der Waals surface area (Å²) in [5.74, 6) is -0.807. The third kappa shape index (κ3) is 3.05. The summed E-state index contributed by atoms with van der Waals surface area (Å²) in [6.45, 7) is 1.83. The van der Waals surface area contributed by atoms with Crippen molar-refractivity contribution in [2.75, 3.05) is 4.72 Å². The van der Waals surface area contributed by atoms with Crippen LogP contribution < -0.4 is 4.72 Å². The molecule has 0 saturated carbocycles. The van der Waals surface area contributed by atoms with Crippen molar-refractivity contribution in [2.24, 2.45) is 0 Å². The van der Waals surface area contributed by atoms with Crippen LogP contribution in [0.3, 0.4) is 0 Å². The third-order valence-electron chi connectivity index (χ3n) is 2.50. The Bertz CT molecular complexity index is 716. The minimum atomic E-state index is -3.99. The van der Waals surface area contributed by atoms with Gasteiger partial charge in [0.15, 0.2) is 0 Å². The molecule has 100 valence electrons. The molecule has 0 fully saturated rings. The van der Waals surface area contributed by atoms with Crippen LogP contribution in [0.25, 0.3) is 0 Å². The molecule has 6 heteroatoms. The minimum absolute atomic E-state index is 0.218. The summed E-state index contributed by atoms with van der Waals surface area (Å²) >= 11 is 5.94. The fourth-order valence-electron chi connectivity index (χ4n) is 1.57. The summed E-state index contributed by atoms with van der Waals surface area (Å²) in [5, 5.41) is 0.264. The van der Waals surface area contributed by atoms with Crippen LogP contribution >= 0.6 is 11.6 Å². The van der Waals surface area contributed by atoms with Crippen LogP contribution in [0, 0.1) is 12.7 Å². The second kappa shape index (κ2) is 5.19. The molecule has 0 aliphatic rings. The number of nitrogens with one attached hydrogen (secondary N) is 1. The van der Waals surface area contributed by atoms with Gasteiger partial charge in [-0.3, -0.25) is 4.72 Å². The van der Waals surface area contributed by atoms with Crippen LogP contribution in [0.5, 0.6) is 0 Å². The summed E-state index contributed by atoms with van der Waals surface area (Å²) in [6, 6.07) is 10.0. The number of benzene rings is 2. The summed E-state index contributed by atoms with van der Waals surface area (Å²) in [4.78, 5) is -0.411. The number of sulfonamides is 1. The standard InChI is InChI=1S/C13H11ClFNO2S/c1-9-6-7-12(10(14)8-9)16-19(17,18)13-5-3-2-4-11(13)15/h2-8,16H,1H3. The van der Waals surface area contributed by atoms with E-state index < -0.39 is 20.7 Å². The first kappa shape index (κ1) is 13.8. The van der Waals surface area contributed by atoms with Crippen molar-refractivity contribution in [3.63, 3.8) is 0 Å². The average Bonchev–Trinajstić information content (AvgIpc) is 2.33. The van der Waals surface area contributed by atoms with Gasteiger partial charge in [0.25, 0.3) is 10.0 Å². The van der Waals surface area contributed by atoms with E-state index in [9.17, 15) is 12.8 Å². The van der Waals surface area contributed by atoms with Crippen molar-refractivity contribution < 1.29 is 12.8 Å². The molecule has 0 atom stereocenters. The van der Waals surface area contributed by atoms with Gasteiger partial charge in [-0.05, 0) is 36.8 Å². The smallest absolute Gasteiger partial charge is 0.264 e. The lowest BCUT2D eigenvalue weighted by molar-refractivity contribution is 0.570. The number of aryl methyl sites for hydroxylation is 1. The van der Waals surface area contributed by atoms with Crippen molar-refractivity contribution in [3.8, 4) is 0 Å². The van der Waals surface area contributed by atoms with Gasteiger partial charge in [0, 0.05) is 0 Å². The zero-order valence-corrected chi connectivity index (χ0v) is 11.6. The molecule has 0 radical (unpaired) electrons. The topological polar surface area (TPSA) is 46.2 Å². The van der Waals surface area contributed by atoms with Crippen LogP contribution in [0.4, 0.5) is 10.1 Å². The molecule has 2 aromatic rings. The summed E-state index contributed by atoms with van der Waals surface area (Å²) < 4.78 is 39.9. The third-order valence-corrected chi connectivity index (χ3v) is 4.21. The number of rotatable bonds is 3. The van der Waals surface area contributed by atoms with E-state index in [-0.39, 0.29) is 10.7 Å². The molecule has 2 aromatic carbocycles. The van der Waals surface area contributed by atoms with Crippen LogP contribution in [-0.4, -0.2) is 8.42 Å². The second-order valence-corrected chi connectivity index (χ2v) is 6.08. The van der Waals surface area contributed by atoms with Crippen molar-refractivity contribution in [1.82, 2.24) is 0 Å². The maximum Gasteiger partial charge on any atom is 0.264 e. The Balaban J connectivity index is 2.40. The fraction of sp³-hybridized carbons (Fsp3) is 0.0769. The highest BCUT2D eigenvalue weighted by Gasteiger charge is 2.19. The predicted octanol–water partition coefficient (Wildman–Crippen LogP) is 3.59.